The fourth-order valence-corrected chi connectivity index (χ4v) is 6.25. The molecule has 35 heavy (non-hydrogen) atoms. The standard InChI is InChI=1S/C26H34N2O7/c1-4-14-27(17-8-10-18(34-3)11-9-17)23(31)21-26-13-12-25(2,35-26)20(24(32)33)19(26)22(30)28(21)15-6-5-7-16-29/h4,8-11,19-21,29H,1,5-7,12-16H2,2-3H3,(H,32,33)/t19-,20+,21?,25-,26?/m0/s1. The van der Waals surface area contributed by atoms with E-state index in [0.29, 0.717) is 50.1 Å². The van der Waals surface area contributed by atoms with Crippen molar-refractivity contribution in [1.29, 1.82) is 0 Å². The molecule has 2 amide bonds. The minimum absolute atomic E-state index is 0.0516. The quantitative estimate of drug-likeness (QED) is 0.364. The van der Waals surface area contributed by atoms with Crippen LogP contribution >= 0.6 is 0 Å². The Morgan fingerprint density at radius 1 is 1.26 bits per heavy atom. The number of carbonyl (C=O) groups excluding carboxylic acids is 2. The van der Waals surface area contributed by atoms with Crippen LogP contribution in [0, 0.1) is 11.8 Å². The number of anilines is 1. The van der Waals surface area contributed by atoms with Gasteiger partial charge in [0.1, 0.15) is 17.4 Å². The molecule has 0 aromatic heterocycles. The van der Waals surface area contributed by atoms with Gasteiger partial charge in [0, 0.05) is 25.4 Å². The summed E-state index contributed by atoms with van der Waals surface area (Å²) in [7, 11) is 1.56. The van der Waals surface area contributed by atoms with Crippen LogP contribution in [0.1, 0.15) is 39.0 Å². The molecule has 190 valence electrons. The molecule has 9 nitrogen and oxygen atoms in total. The van der Waals surface area contributed by atoms with Crippen LogP contribution in [0.2, 0.25) is 0 Å². The summed E-state index contributed by atoms with van der Waals surface area (Å²) in [4.78, 5) is 43.3. The molecule has 3 aliphatic heterocycles. The summed E-state index contributed by atoms with van der Waals surface area (Å²) in [6.07, 6.45) is 4.41. The van der Waals surface area contributed by atoms with Gasteiger partial charge in [0.25, 0.3) is 5.91 Å². The number of ether oxygens (including phenoxy) is 2. The number of aliphatic hydroxyl groups excluding tert-OH is 1. The predicted octanol–water partition coefficient (Wildman–Crippen LogP) is 2.23. The molecule has 1 aromatic carbocycles. The second kappa shape index (κ2) is 9.62. The minimum atomic E-state index is -1.19. The first-order chi connectivity index (χ1) is 16.7. The number of unbranched alkanes of at least 4 members (excludes halogenated alkanes) is 2. The highest BCUT2D eigenvalue weighted by Gasteiger charge is 2.78. The summed E-state index contributed by atoms with van der Waals surface area (Å²) in [6.45, 7) is 6.10. The lowest BCUT2D eigenvalue weighted by Gasteiger charge is -2.36. The first kappa shape index (κ1) is 25.2. The van der Waals surface area contributed by atoms with E-state index < -0.39 is 35.0 Å². The average molecular weight is 487 g/mol. The molecule has 2 unspecified atom stereocenters. The molecule has 5 atom stereocenters. The Morgan fingerprint density at radius 2 is 1.97 bits per heavy atom. The van der Waals surface area contributed by atoms with Gasteiger partial charge < -0.3 is 29.5 Å². The van der Waals surface area contributed by atoms with E-state index in [4.69, 9.17) is 14.6 Å². The smallest absolute Gasteiger partial charge is 0.310 e. The lowest BCUT2D eigenvalue weighted by Crippen LogP contribution is -2.56. The Balaban J connectivity index is 1.74. The number of nitrogens with zero attached hydrogens (tertiary/aromatic N) is 2. The van der Waals surface area contributed by atoms with E-state index in [1.165, 1.54) is 4.90 Å². The van der Waals surface area contributed by atoms with Crippen LogP contribution in [0.25, 0.3) is 0 Å². The molecule has 2 bridgehead atoms. The normalized spacial score (nSPS) is 30.9. The third kappa shape index (κ3) is 4.00. The fourth-order valence-electron chi connectivity index (χ4n) is 6.25. The highest BCUT2D eigenvalue weighted by molar-refractivity contribution is 6.04. The number of carboxylic acid groups (broad SMARTS) is 1. The number of aliphatic carboxylic acids is 1. The van der Waals surface area contributed by atoms with Gasteiger partial charge in [-0.2, -0.15) is 0 Å². The van der Waals surface area contributed by atoms with Gasteiger partial charge in [0.15, 0.2) is 0 Å². The van der Waals surface area contributed by atoms with Crippen LogP contribution in [0.3, 0.4) is 0 Å². The van der Waals surface area contributed by atoms with Gasteiger partial charge in [-0.3, -0.25) is 14.4 Å². The number of amides is 2. The summed E-state index contributed by atoms with van der Waals surface area (Å²) < 4.78 is 11.7. The fraction of sp³-hybridized carbons (Fsp3) is 0.577. The zero-order valence-electron chi connectivity index (χ0n) is 20.3. The number of fused-ring (bicyclic) bond motifs is 1. The Morgan fingerprint density at radius 3 is 2.57 bits per heavy atom. The van der Waals surface area contributed by atoms with Gasteiger partial charge in [-0.05, 0) is 63.3 Å². The van der Waals surface area contributed by atoms with Crippen LogP contribution in [-0.4, -0.2) is 76.9 Å². The van der Waals surface area contributed by atoms with Crippen molar-refractivity contribution in [3.8, 4) is 5.75 Å². The largest absolute Gasteiger partial charge is 0.497 e. The van der Waals surface area contributed by atoms with Gasteiger partial charge in [-0.25, -0.2) is 0 Å². The van der Waals surface area contributed by atoms with Gasteiger partial charge in [-0.15, -0.1) is 6.58 Å². The Hall–Kier alpha value is -2.91. The van der Waals surface area contributed by atoms with Crippen LogP contribution in [0.4, 0.5) is 5.69 Å². The summed E-state index contributed by atoms with van der Waals surface area (Å²) >= 11 is 0. The van der Waals surface area contributed by atoms with Crippen LogP contribution in [-0.2, 0) is 19.1 Å². The van der Waals surface area contributed by atoms with E-state index in [0.717, 1.165) is 0 Å². The molecule has 2 N–H and O–H groups in total. The maximum Gasteiger partial charge on any atom is 0.310 e. The topological polar surface area (TPSA) is 117 Å². The first-order valence-corrected chi connectivity index (χ1v) is 12.1. The molecule has 1 spiro atoms. The third-order valence-electron chi connectivity index (χ3n) is 7.80. The maximum atomic E-state index is 14.2. The number of carboxylic acids is 1. The maximum absolute atomic E-state index is 14.2. The zero-order chi connectivity index (χ0) is 25.4. The van der Waals surface area contributed by atoms with Crippen LogP contribution in [0.5, 0.6) is 5.75 Å². The number of aliphatic hydroxyl groups is 1. The Bertz CT molecular complexity index is 996. The lowest BCUT2D eigenvalue weighted by molar-refractivity contribution is -0.154. The lowest BCUT2D eigenvalue weighted by atomic mass is 9.66. The molecule has 3 saturated heterocycles. The van der Waals surface area contributed by atoms with E-state index in [2.05, 4.69) is 6.58 Å². The molecule has 0 aliphatic carbocycles. The number of hydrogen-bond donors (Lipinski definition) is 2. The predicted molar refractivity (Wildman–Crippen MR) is 128 cm³/mol. The summed E-state index contributed by atoms with van der Waals surface area (Å²) in [5, 5.41) is 19.2. The summed E-state index contributed by atoms with van der Waals surface area (Å²) in [6, 6.07) is 6.11. The van der Waals surface area contributed by atoms with Gasteiger partial charge in [0.05, 0.1) is 24.5 Å². The number of likely N-dealkylation sites (tertiary alicyclic amines) is 1. The van der Waals surface area contributed by atoms with E-state index >= 15 is 0 Å². The monoisotopic (exact) mass is 486 g/mol. The van der Waals surface area contributed by atoms with Crippen molar-refractivity contribution in [2.45, 2.75) is 56.3 Å². The molecule has 0 radical (unpaired) electrons. The molecule has 3 aliphatic rings. The highest BCUT2D eigenvalue weighted by atomic mass is 16.5. The van der Waals surface area contributed by atoms with Crippen LogP contribution < -0.4 is 9.64 Å². The number of hydrogen-bond acceptors (Lipinski definition) is 6. The molecule has 1 aromatic rings. The molecular formula is C26H34N2O7. The Labute approximate surface area is 205 Å². The van der Waals surface area contributed by atoms with Crippen molar-refractivity contribution in [3.63, 3.8) is 0 Å². The molecule has 3 heterocycles. The van der Waals surface area contributed by atoms with Gasteiger partial charge >= 0.3 is 5.97 Å². The van der Waals surface area contributed by atoms with E-state index in [-0.39, 0.29) is 25.0 Å². The second-order valence-corrected chi connectivity index (χ2v) is 9.82. The Kier molecular flexibility index (Phi) is 6.92. The minimum Gasteiger partial charge on any atom is -0.497 e. The summed E-state index contributed by atoms with van der Waals surface area (Å²) in [5.74, 6) is -2.99. The number of benzene rings is 1. The van der Waals surface area contributed by atoms with Crippen molar-refractivity contribution in [1.82, 2.24) is 4.90 Å². The SMILES string of the molecule is C=CCN(C(=O)C1N(CCCCCO)C(=O)[C@@H]2[C@H](C(=O)O)[C@]3(C)CCC12O3)c1ccc(OC)cc1. The van der Waals surface area contributed by atoms with Crippen molar-refractivity contribution in [3.05, 3.63) is 36.9 Å². The van der Waals surface area contributed by atoms with E-state index in [1.807, 2.05) is 0 Å². The van der Waals surface area contributed by atoms with E-state index in [1.54, 1.807) is 49.3 Å². The molecular weight excluding hydrogens is 452 g/mol. The summed E-state index contributed by atoms with van der Waals surface area (Å²) in [5.41, 5.74) is -1.55. The zero-order valence-corrected chi connectivity index (χ0v) is 20.3. The highest BCUT2D eigenvalue weighted by Crippen LogP contribution is 2.63. The first-order valence-electron chi connectivity index (χ1n) is 12.1. The average Bonchev–Trinajstić information content (AvgIpc) is 3.41. The van der Waals surface area contributed by atoms with Crippen molar-refractivity contribution >= 4 is 23.5 Å². The molecule has 3 fully saturated rings. The van der Waals surface area contributed by atoms with Crippen molar-refractivity contribution in [2.24, 2.45) is 11.8 Å². The van der Waals surface area contributed by atoms with E-state index in [9.17, 15) is 19.5 Å². The molecule has 0 saturated carbocycles. The molecule has 9 heteroatoms. The van der Waals surface area contributed by atoms with Crippen molar-refractivity contribution < 1.29 is 34.1 Å². The number of methoxy groups -OCH3 is 1. The second-order valence-electron chi connectivity index (χ2n) is 9.82. The van der Waals surface area contributed by atoms with Gasteiger partial charge in [-0.1, -0.05) is 6.08 Å². The number of carbonyl (C=O) groups is 3. The molecule has 4 rings (SSSR count). The van der Waals surface area contributed by atoms with Crippen LogP contribution in [0.15, 0.2) is 36.9 Å². The van der Waals surface area contributed by atoms with Gasteiger partial charge in [0.2, 0.25) is 5.91 Å². The third-order valence-corrected chi connectivity index (χ3v) is 7.80. The van der Waals surface area contributed by atoms with Crippen molar-refractivity contribution in [2.75, 3.05) is 31.7 Å². The number of rotatable bonds is 11.